The van der Waals surface area contributed by atoms with Crippen LogP contribution in [-0.4, -0.2) is 83.4 Å². The van der Waals surface area contributed by atoms with Gasteiger partial charge in [0, 0.05) is 6.42 Å². The van der Waals surface area contributed by atoms with E-state index in [0.29, 0.717) is 24.3 Å². The molecule has 172 valence electrons. The quantitative estimate of drug-likeness (QED) is 0.153. The Morgan fingerprint density at radius 3 is 1.83 bits per heavy atom. The number of carboxylic acid groups (broad SMARTS) is 1. The maximum atomic E-state index is 12.7. The summed E-state index contributed by atoms with van der Waals surface area (Å²) in [5.74, 6) is -2.45. The maximum Gasteiger partial charge on any atom is 0.322 e. The summed E-state index contributed by atoms with van der Waals surface area (Å²) in [6.07, 6.45) is 4.26. The van der Waals surface area contributed by atoms with E-state index in [1.165, 1.54) is 23.5 Å². The number of carbonyl (C=O) groups excluding carboxylic acids is 4. The van der Waals surface area contributed by atoms with Crippen molar-refractivity contribution in [3.63, 3.8) is 0 Å². The zero-order valence-corrected chi connectivity index (χ0v) is 18.8. The van der Waals surface area contributed by atoms with Crippen LogP contribution in [0.2, 0.25) is 0 Å². The van der Waals surface area contributed by atoms with Crippen molar-refractivity contribution in [3.8, 4) is 0 Å². The van der Waals surface area contributed by atoms with Gasteiger partial charge in [-0.2, -0.15) is 23.5 Å². The predicted molar refractivity (Wildman–Crippen MR) is 117 cm³/mol. The first-order chi connectivity index (χ1) is 14.1. The molecule has 0 aromatic heterocycles. The van der Waals surface area contributed by atoms with Gasteiger partial charge in [-0.1, -0.05) is 0 Å². The van der Waals surface area contributed by atoms with Gasteiger partial charge in [0.1, 0.15) is 18.6 Å². The van der Waals surface area contributed by atoms with Crippen LogP contribution in [0.3, 0.4) is 0 Å². The summed E-state index contributed by atoms with van der Waals surface area (Å²) in [6.45, 7) is -0.564. The molecule has 0 aromatic carbocycles. The minimum atomic E-state index is -1.20. The highest BCUT2D eigenvalue weighted by Gasteiger charge is 2.28. The van der Waals surface area contributed by atoms with Gasteiger partial charge in [-0.3, -0.25) is 24.0 Å². The van der Waals surface area contributed by atoms with Gasteiger partial charge in [-0.15, -0.1) is 0 Å². The van der Waals surface area contributed by atoms with E-state index >= 15 is 0 Å². The number of thioether (sulfide) groups is 2. The van der Waals surface area contributed by atoms with Crippen LogP contribution >= 0.6 is 23.5 Å². The minimum absolute atomic E-state index is 0.0476. The van der Waals surface area contributed by atoms with Gasteiger partial charge in [-0.05, 0) is 43.3 Å². The van der Waals surface area contributed by atoms with E-state index in [-0.39, 0.29) is 12.8 Å². The molecule has 0 aromatic rings. The molecule has 0 fully saturated rings. The number of amides is 4. The number of nitrogens with two attached hydrogens (primary N) is 2. The Labute approximate surface area is 184 Å². The van der Waals surface area contributed by atoms with Gasteiger partial charge < -0.3 is 32.5 Å². The minimum Gasteiger partial charge on any atom is -0.480 e. The molecule has 0 heterocycles. The van der Waals surface area contributed by atoms with Crippen LogP contribution in [0.15, 0.2) is 0 Å². The van der Waals surface area contributed by atoms with Crippen molar-refractivity contribution in [1.82, 2.24) is 16.0 Å². The van der Waals surface area contributed by atoms with Crippen molar-refractivity contribution in [2.45, 2.75) is 43.8 Å². The molecule has 0 bridgehead atoms. The zero-order valence-electron chi connectivity index (χ0n) is 17.1. The van der Waals surface area contributed by atoms with E-state index in [4.69, 9.17) is 16.6 Å². The van der Waals surface area contributed by atoms with Crippen LogP contribution in [0, 0.1) is 0 Å². The first kappa shape index (κ1) is 28.0. The molecule has 0 aliphatic carbocycles. The van der Waals surface area contributed by atoms with Crippen LogP contribution in [0.25, 0.3) is 0 Å². The Hall–Kier alpha value is -1.99. The number of hydrogen-bond acceptors (Lipinski definition) is 8. The standard InChI is InChI=1S/C17H31N5O6S2/c1-29-7-5-11(16(27)20-9-14(24)25)22-17(28)12(6-8-30-2)21-15(26)10(18)3-4-13(19)23/h10-12H,3-9,18H2,1-2H3,(H2,19,23)(H,20,27)(H,21,26)(H,22,28)(H,24,25). The summed E-state index contributed by atoms with van der Waals surface area (Å²) < 4.78 is 0. The van der Waals surface area contributed by atoms with E-state index in [2.05, 4.69) is 16.0 Å². The molecule has 0 saturated carbocycles. The Morgan fingerprint density at radius 2 is 1.37 bits per heavy atom. The van der Waals surface area contributed by atoms with Crippen molar-refractivity contribution >= 4 is 53.1 Å². The highest BCUT2D eigenvalue weighted by atomic mass is 32.2. The van der Waals surface area contributed by atoms with Crippen LogP contribution in [0.1, 0.15) is 25.7 Å². The Balaban J connectivity index is 5.11. The van der Waals surface area contributed by atoms with E-state index in [1.807, 2.05) is 12.5 Å². The van der Waals surface area contributed by atoms with Gasteiger partial charge >= 0.3 is 5.97 Å². The molecular weight excluding hydrogens is 434 g/mol. The molecule has 0 rings (SSSR count). The zero-order chi connectivity index (χ0) is 23.1. The summed E-state index contributed by atoms with van der Waals surface area (Å²) in [7, 11) is 0. The fourth-order valence-electron chi connectivity index (χ4n) is 2.27. The maximum absolute atomic E-state index is 12.7. The Morgan fingerprint density at radius 1 is 0.867 bits per heavy atom. The number of carboxylic acids is 1. The van der Waals surface area contributed by atoms with Crippen molar-refractivity contribution in [3.05, 3.63) is 0 Å². The summed E-state index contributed by atoms with van der Waals surface area (Å²) in [5, 5.41) is 16.1. The number of hydrogen-bond donors (Lipinski definition) is 6. The van der Waals surface area contributed by atoms with E-state index in [0.717, 1.165) is 0 Å². The van der Waals surface area contributed by atoms with Gasteiger partial charge in [0.15, 0.2) is 0 Å². The molecule has 0 radical (unpaired) electrons. The van der Waals surface area contributed by atoms with Gasteiger partial charge in [0.05, 0.1) is 6.04 Å². The van der Waals surface area contributed by atoms with E-state index < -0.39 is 54.3 Å². The van der Waals surface area contributed by atoms with Crippen molar-refractivity contribution in [2.75, 3.05) is 30.6 Å². The molecule has 3 atom stereocenters. The average molecular weight is 466 g/mol. The van der Waals surface area contributed by atoms with Crippen LogP contribution in [0.4, 0.5) is 0 Å². The first-order valence-corrected chi connectivity index (χ1v) is 12.0. The van der Waals surface area contributed by atoms with Gasteiger partial charge in [0.2, 0.25) is 23.6 Å². The number of carbonyl (C=O) groups is 5. The third-order valence-corrected chi connectivity index (χ3v) is 5.23. The summed E-state index contributed by atoms with van der Waals surface area (Å²) >= 11 is 2.94. The van der Waals surface area contributed by atoms with Crippen LogP contribution < -0.4 is 27.4 Å². The predicted octanol–water partition coefficient (Wildman–Crippen LogP) is -1.74. The smallest absolute Gasteiger partial charge is 0.322 e. The lowest BCUT2D eigenvalue weighted by Gasteiger charge is -2.24. The fourth-order valence-corrected chi connectivity index (χ4v) is 3.22. The summed E-state index contributed by atoms with van der Waals surface area (Å²) in [4.78, 5) is 58.8. The topological polar surface area (TPSA) is 194 Å². The lowest BCUT2D eigenvalue weighted by Crippen LogP contribution is -2.56. The van der Waals surface area contributed by atoms with Crippen LogP contribution in [-0.2, 0) is 24.0 Å². The molecule has 13 heteroatoms. The molecule has 0 saturated heterocycles. The van der Waals surface area contributed by atoms with E-state index in [1.54, 1.807) is 0 Å². The van der Waals surface area contributed by atoms with Crippen molar-refractivity contribution in [1.29, 1.82) is 0 Å². The molecule has 0 spiro atoms. The van der Waals surface area contributed by atoms with E-state index in [9.17, 15) is 24.0 Å². The molecule has 3 unspecified atom stereocenters. The second kappa shape index (κ2) is 15.8. The number of nitrogens with one attached hydrogen (secondary N) is 3. The number of rotatable bonds is 16. The van der Waals surface area contributed by atoms with Crippen LogP contribution in [0.5, 0.6) is 0 Å². The molecule has 11 nitrogen and oxygen atoms in total. The second-order valence-electron chi connectivity index (χ2n) is 6.41. The SMILES string of the molecule is CSCCC(NC(=O)C(N)CCC(N)=O)C(=O)NC(CCSC)C(=O)NCC(=O)O. The normalized spacial score (nSPS) is 13.6. The second-order valence-corrected chi connectivity index (χ2v) is 8.38. The highest BCUT2D eigenvalue weighted by Crippen LogP contribution is 2.06. The van der Waals surface area contributed by atoms with Crippen molar-refractivity contribution in [2.24, 2.45) is 11.5 Å². The molecule has 8 N–H and O–H groups in total. The molecule has 30 heavy (non-hydrogen) atoms. The van der Waals surface area contributed by atoms with Crippen molar-refractivity contribution < 1.29 is 29.1 Å². The van der Waals surface area contributed by atoms with Gasteiger partial charge in [0.25, 0.3) is 0 Å². The Kier molecular flexibility index (Phi) is 14.7. The average Bonchev–Trinajstić information content (AvgIpc) is 2.69. The molecule has 0 aliphatic heterocycles. The number of primary amides is 1. The molecule has 4 amide bonds. The Bertz CT molecular complexity index is 607. The largest absolute Gasteiger partial charge is 0.480 e. The molecular formula is C17H31N5O6S2. The lowest BCUT2D eigenvalue weighted by molar-refractivity contribution is -0.138. The summed E-state index contributed by atoms with van der Waals surface area (Å²) in [5.41, 5.74) is 10.8. The third-order valence-electron chi connectivity index (χ3n) is 3.94. The monoisotopic (exact) mass is 465 g/mol. The summed E-state index contributed by atoms with van der Waals surface area (Å²) in [6, 6.07) is -2.89. The lowest BCUT2D eigenvalue weighted by atomic mass is 10.1. The van der Waals surface area contributed by atoms with Gasteiger partial charge in [-0.25, -0.2) is 0 Å². The third kappa shape index (κ3) is 12.5. The fraction of sp³-hybridized carbons (Fsp3) is 0.706. The number of aliphatic carboxylic acids is 1. The first-order valence-electron chi connectivity index (χ1n) is 9.24. The molecule has 0 aliphatic rings. The highest BCUT2D eigenvalue weighted by molar-refractivity contribution is 7.98.